The van der Waals surface area contributed by atoms with Gasteiger partial charge in [0.15, 0.2) is 0 Å². The second-order valence-electron chi connectivity index (χ2n) is 5.21. The molecule has 0 aliphatic carbocycles. The second-order valence-corrected chi connectivity index (χ2v) is 7.82. The van der Waals surface area contributed by atoms with Gasteiger partial charge in [-0.15, -0.1) is 23.1 Å². The predicted octanol–water partition coefficient (Wildman–Crippen LogP) is 6.27. The van der Waals surface area contributed by atoms with Crippen LogP contribution < -0.4 is 0 Å². The van der Waals surface area contributed by atoms with Crippen molar-refractivity contribution in [1.29, 1.82) is 0 Å². The highest BCUT2D eigenvalue weighted by Gasteiger charge is 2.30. The maximum absolute atomic E-state index is 12.7. The lowest BCUT2D eigenvalue weighted by molar-refractivity contribution is -0.137. The molecular formula is C16H12ClF3N2S2. The largest absolute Gasteiger partial charge is 0.416 e. The molecule has 0 atom stereocenters. The van der Waals surface area contributed by atoms with Crippen LogP contribution in [0.15, 0.2) is 29.2 Å². The quantitative estimate of drug-likeness (QED) is 0.390. The van der Waals surface area contributed by atoms with E-state index in [0.29, 0.717) is 21.6 Å². The zero-order valence-corrected chi connectivity index (χ0v) is 15.1. The van der Waals surface area contributed by atoms with Gasteiger partial charge in [0.25, 0.3) is 0 Å². The van der Waals surface area contributed by atoms with E-state index in [2.05, 4.69) is 9.97 Å². The molecule has 24 heavy (non-hydrogen) atoms. The van der Waals surface area contributed by atoms with E-state index in [9.17, 15) is 13.2 Å². The highest BCUT2D eigenvalue weighted by Crippen LogP contribution is 2.35. The number of hydrogen-bond donors (Lipinski definition) is 0. The molecular weight excluding hydrogens is 377 g/mol. The van der Waals surface area contributed by atoms with E-state index in [1.165, 1.54) is 17.8 Å². The number of nitrogens with zero attached hydrogens (tertiary/aromatic N) is 2. The van der Waals surface area contributed by atoms with Crippen LogP contribution in [0.4, 0.5) is 13.2 Å². The average molecular weight is 389 g/mol. The molecule has 3 rings (SSSR count). The smallest absolute Gasteiger partial charge is 0.221 e. The second kappa shape index (κ2) is 6.54. The van der Waals surface area contributed by atoms with E-state index in [4.69, 9.17) is 11.6 Å². The standard InChI is InChI=1S/C16H12ClF3N2S2/c1-8-9(2)24-15-13(8)14(17)21-12(22-15)7-23-11-5-3-4-10(6-11)16(18,19)20/h3-6H,7H2,1-2H3. The number of fused-ring (bicyclic) bond motifs is 1. The molecule has 0 spiro atoms. The zero-order chi connectivity index (χ0) is 17.5. The first kappa shape index (κ1) is 17.5. The third-order valence-corrected chi connectivity index (χ3v) is 5.92. The third-order valence-electron chi connectivity index (χ3n) is 3.56. The van der Waals surface area contributed by atoms with Gasteiger partial charge in [0.2, 0.25) is 0 Å². The number of thiophene rings is 1. The van der Waals surface area contributed by atoms with Crippen LogP contribution in [-0.4, -0.2) is 9.97 Å². The van der Waals surface area contributed by atoms with Crippen molar-refractivity contribution < 1.29 is 13.2 Å². The van der Waals surface area contributed by atoms with Crippen LogP contribution in [0, 0.1) is 13.8 Å². The van der Waals surface area contributed by atoms with Gasteiger partial charge in [0.1, 0.15) is 15.8 Å². The van der Waals surface area contributed by atoms with Crippen LogP contribution in [0.25, 0.3) is 10.2 Å². The maximum Gasteiger partial charge on any atom is 0.416 e. The van der Waals surface area contributed by atoms with Crippen LogP contribution in [-0.2, 0) is 11.9 Å². The normalized spacial score (nSPS) is 12.1. The van der Waals surface area contributed by atoms with Gasteiger partial charge >= 0.3 is 6.18 Å². The van der Waals surface area contributed by atoms with Gasteiger partial charge in [0.05, 0.1) is 16.7 Å². The van der Waals surface area contributed by atoms with E-state index in [-0.39, 0.29) is 0 Å². The predicted molar refractivity (Wildman–Crippen MR) is 92.9 cm³/mol. The average Bonchev–Trinajstić information content (AvgIpc) is 2.80. The molecule has 8 heteroatoms. The molecule has 3 aromatic rings. The van der Waals surface area contributed by atoms with Crippen molar-refractivity contribution in [3.05, 3.63) is 51.2 Å². The lowest BCUT2D eigenvalue weighted by Crippen LogP contribution is -2.04. The van der Waals surface area contributed by atoms with Crippen LogP contribution in [0.2, 0.25) is 5.15 Å². The molecule has 0 aliphatic rings. The number of hydrogen-bond acceptors (Lipinski definition) is 4. The Morgan fingerprint density at radius 1 is 1.21 bits per heavy atom. The Labute approximate surface area is 150 Å². The monoisotopic (exact) mass is 388 g/mol. The fraction of sp³-hybridized carbons (Fsp3) is 0.250. The van der Waals surface area contributed by atoms with Crippen molar-refractivity contribution in [2.45, 2.75) is 30.7 Å². The van der Waals surface area contributed by atoms with Crippen molar-refractivity contribution in [1.82, 2.24) is 9.97 Å². The summed E-state index contributed by atoms with van der Waals surface area (Å²) in [4.78, 5) is 11.2. The summed E-state index contributed by atoms with van der Waals surface area (Å²) in [5.41, 5.74) is 0.406. The van der Waals surface area contributed by atoms with Crippen LogP contribution in [0.5, 0.6) is 0 Å². The van der Waals surface area contributed by atoms with Gasteiger partial charge in [0, 0.05) is 9.77 Å². The van der Waals surface area contributed by atoms with Crippen LogP contribution >= 0.6 is 34.7 Å². The van der Waals surface area contributed by atoms with Gasteiger partial charge in [-0.25, -0.2) is 9.97 Å². The van der Waals surface area contributed by atoms with E-state index in [0.717, 1.165) is 32.8 Å². The Kier molecular flexibility index (Phi) is 4.77. The summed E-state index contributed by atoms with van der Waals surface area (Å²) in [7, 11) is 0. The molecule has 126 valence electrons. The minimum atomic E-state index is -4.35. The Balaban J connectivity index is 1.84. The number of aromatic nitrogens is 2. The number of aryl methyl sites for hydroxylation is 2. The summed E-state index contributed by atoms with van der Waals surface area (Å²) < 4.78 is 38.2. The first-order valence-corrected chi connectivity index (χ1v) is 9.16. The zero-order valence-electron chi connectivity index (χ0n) is 12.7. The summed E-state index contributed by atoms with van der Waals surface area (Å²) in [5.74, 6) is 0.864. The number of halogens is 4. The highest BCUT2D eigenvalue weighted by atomic mass is 35.5. The van der Waals surface area contributed by atoms with Gasteiger partial charge in [-0.05, 0) is 37.6 Å². The number of rotatable bonds is 3. The fourth-order valence-corrected chi connectivity index (χ4v) is 4.46. The minimum Gasteiger partial charge on any atom is -0.221 e. The first-order valence-electron chi connectivity index (χ1n) is 6.98. The fourth-order valence-electron chi connectivity index (χ4n) is 2.22. The Morgan fingerprint density at radius 2 is 1.96 bits per heavy atom. The number of thioether (sulfide) groups is 1. The molecule has 2 aromatic heterocycles. The SMILES string of the molecule is Cc1sc2nc(CSc3cccc(C(F)(F)F)c3)nc(Cl)c2c1C. The molecule has 0 saturated carbocycles. The van der Waals surface area contributed by atoms with Crippen LogP contribution in [0.1, 0.15) is 21.8 Å². The van der Waals surface area contributed by atoms with E-state index < -0.39 is 11.7 Å². The summed E-state index contributed by atoms with van der Waals surface area (Å²) in [6.45, 7) is 3.97. The Hall–Kier alpha value is -1.31. The van der Waals surface area contributed by atoms with Crippen molar-refractivity contribution in [2.24, 2.45) is 0 Å². The highest BCUT2D eigenvalue weighted by molar-refractivity contribution is 7.98. The van der Waals surface area contributed by atoms with Crippen molar-refractivity contribution in [3.8, 4) is 0 Å². The van der Waals surface area contributed by atoms with Crippen molar-refractivity contribution >= 4 is 44.9 Å². The van der Waals surface area contributed by atoms with E-state index in [1.54, 1.807) is 17.4 Å². The van der Waals surface area contributed by atoms with Crippen LogP contribution in [0.3, 0.4) is 0 Å². The number of alkyl halides is 3. The maximum atomic E-state index is 12.7. The lowest BCUT2D eigenvalue weighted by Gasteiger charge is -2.08. The molecule has 0 amide bonds. The molecule has 1 aromatic carbocycles. The molecule has 0 fully saturated rings. The Bertz CT molecular complexity index is 906. The van der Waals surface area contributed by atoms with Crippen molar-refractivity contribution in [2.75, 3.05) is 0 Å². The molecule has 0 unspecified atom stereocenters. The summed E-state index contributed by atoms with van der Waals surface area (Å²) >= 11 is 9.04. The van der Waals surface area contributed by atoms with Gasteiger partial charge in [-0.1, -0.05) is 17.7 Å². The molecule has 2 heterocycles. The topological polar surface area (TPSA) is 25.8 Å². The first-order chi connectivity index (χ1) is 11.3. The summed E-state index contributed by atoms with van der Waals surface area (Å²) in [5, 5.41) is 1.24. The molecule has 0 saturated heterocycles. The summed E-state index contributed by atoms with van der Waals surface area (Å²) in [6.07, 6.45) is -4.35. The van der Waals surface area contributed by atoms with Crippen molar-refractivity contribution in [3.63, 3.8) is 0 Å². The lowest BCUT2D eigenvalue weighted by atomic mass is 10.2. The minimum absolute atomic E-state index is 0.354. The molecule has 0 bridgehead atoms. The number of benzene rings is 1. The van der Waals surface area contributed by atoms with Gasteiger partial charge < -0.3 is 0 Å². The van der Waals surface area contributed by atoms with E-state index in [1.807, 2.05) is 13.8 Å². The Morgan fingerprint density at radius 3 is 2.67 bits per heavy atom. The van der Waals surface area contributed by atoms with Gasteiger partial charge in [-0.2, -0.15) is 13.2 Å². The van der Waals surface area contributed by atoms with Gasteiger partial charge in [-0.3, -0.25) is 0 Å². The third kappa shape index (κ3) is 3.53. The summed E-state index contributed by atoms with van der Waals surface area (Å²) in [6, 6.07) is 5.22. The molecule has 0 aliphatic heterocycles. The molecule has 0 N–H and O–H groups in total. The van der Waals surface area contributed by atoms with E-state index >= 15 is 0 Å². The molecule has 0 radical (unpaired) electrons. The molecule has 2 nitrogen and oxygen atoms in total.